The van der Waals surface area contributed by atoms with Gasteiger partial charge in [-0.25, -0.2) is 0 Å². The SMILES string of the molecule is CC(N[C@@H](C)c1ccc(Br)cc1)c1ccc(Br)cc1Br. The van der Waals surface area contributed by atoms with Gasteiger partial charge < -0.3 is 5.32 Å². The second-order valence-electron chi connectivity index (χ2n) is 4.83. The van der Waals surface area contributed by atoms with Gasteiger partial charge in [0.05, 0.1) is 0 Å². The van der Waals surface area contributed by atoms with E-state index in [1.807, 2.05) is 0 Å². The second-order valence-corrected chi connectivity index (χ2v) is 7.51. The van der Waals surface area contributed by atoms with E-state index >= 15 is 0 Å². The van der Waals surface area contributed by atoms with Crippen LogP contribution in [0.5, 0.6) is 0 Å². The van der Waals surface area contributed by atoms with Crippen molar-refractivity contribution in [3.63, 3.8) is 0 Å². The smallest absolute Gasteiger partial charge is 0.0308 e. The van der Waals surface area contributed by atoms with E-state index in [4.69, 9.17) is 0 Å². The van der Waals surface area contributed by atoms with Gasteiger partial charge in [0.1, 0.15) is 0 Å². The summed E-state index contributed by atoms with van der Waals surface area (Å²) in [5.41, 5.74) is 2.55. The summed E-state index contributed by atoms with van der Waals surface area (Å²) in [5, 5.41) is 3.63. The van der Waals surface area contributed by atoms with Crippen LogP contribution < -0.4 is 5.32 Å². The lowest BCUT2D eigenvalue weighted by Crippen LogP contribution is -2.22. The molecule has 0 aliphatic carbocycles. The van der Waals surface area contributed by atoms with Crippen LogP contribution in [0.3, 0.4) is 0 Å². The molecule has 106 valence electrons. The van der Waals surface area contributed by atoms with E-state index < -0.39 is 0 Å². The highest BCUT2D eigenvalue weighted by molar-refractivity contribution is 9.11. The highest BCUT2D eigenvalue weighted by Gasteiger charge is 2.13. The zero-order valence-electron chi connectivity index (χ0n) is 11.3. The summed E-state index contributed by atoms with van der Waals surface area (Å²) < 4.78 is 3.31. The minimum Gasteiger partial charge on any atom is -0.304 e. The standard InChI is InChI=1S/C16H16Br3N/c1-10(12-3-5-13(17)6-4-12)20-11(2)15-8-7-14(18)9-16(15)19/h3-11,20H,1-2H3/t10-,11?/m0/s1. The van der Waals surface area contributed by atoms with E-state index in [-0.39, 0.29) is 6.04 Å². The first-order valence-corrected chi connectivity index (χ1v) is 8.81. The van der Waals surface area contributed by atoms with Crippen LogP contribution in [0.2, 0.25) is 0 Å². The number of nitrogens with one attached hydrogen (secondary N) is 1. The van der Waals surface area contributed by atoms with Gasteiger partial charge in [-0.1, -0.05) is 66.0 Å². The lowest BCUT2D eigenvalue weighted by molar-refractivity contribution is 0.493. The molecule has 0 bridgehead atoms. The first kappa shape index (κ1) is 16.2. The third-order valence-corrected chi connectivity index (χ3v) is 5.01. The molecule has 2 atom stereocenters. The molecule has 2 aromatic rings. The van der Waals surface area contributed by atoms with Crippen LogP contribution in [0.25, 0.3) is 0 Å². The summed E-state index contributed by atoms with van der Waals surface area (Å²) in [5.74, 6) is 0. The van der Waals surface area contributed by atoms with Crippen molar-refractivity contribution in [2.24, 2.45) is 0 Å². The summed E-state index contributed by atoms with van der Waals surface area (Å²) in [4.78, 5) is 0. The molecule has 4 heteroatoms. The molecule has 0 saturated carbocycles. The van der Waals surface area contributed by atoms with E-state index in [9.17, 15) is 0 Å². The number of benzene rings is 2. The van der Waals surface area contributed by atoms with Crippen molar-refractivity contribution >= 4 is 47.8 Å². The zero-order chi connectivity index (χ0) is 14.7. The number of rotatable bonds is 4. The van der Waals surface area contributed by atoms with Gasteiger partial charge in [-0.3, -0.25) is 0 Å². The van der Waals surface area contributed by atoms with Crippen molar-refractivity contribution in [2.75, 3.05) is 0 Å². The molecule has 0 aromatic heterocycles. The van der Waals surface area contributed by atoms with Crippen LogP contribution in [0.1, 0.15) is 37.1 Å². The third-order valence-electron chi connectivity index (χ3n) is 3.30. The number of hydrogen-bond acceptors (Lipinski definition) is 1. The number of hydrogen-bond donors (Lipinski definition) is 1. The molecule has 1 unspecified atom stereocenters. The van der Waals surface area contributed by atoms with Gasteiger partial charge in [0, 0.05) is 25.5 Å². The fraction of sp³-hybridized carbons (Fsp3) is 0.250. The van der Waals surface area contributed by atoms with Gasteiger partial charge in [-0.2, -0.15) is 0 Å². The third kappa shape index (κ3) is 4.17. The van der Waals surface area contributed by atoms with E-state index in [0.29, 0.717) is 6.04 Å². The normalized spacial score (nSPS) is 14.1. The van der Waals surface area contributed by atoms with Crippen molar-refractivity contribution in [3.8, 4) is 0 Å². The Hall–Kier alpha value is -0.160. The predicted molar refractivity (Wildman–Crippen MR) is 95.9 cm³/mol. The summed E-state index contributed by atoms with van der Waals surface area (Å²) in [6.45, 7) is 4.37. The summed E-state index contributed by atoms with van der Waals surface area (Å²) in [6.07, 6.45) is 0. The van der Waals surface area contributed by atoms with E-state index in [0.717, 1.165) is 13.4 Å². The van der Waals surface area contributed by atoms with Gasteiger partial charge in [-0.15, -0.1) is 0 Å². The molecule has 0 saturated heterocycles. The van der Waals surface area contributed by atoms with Crippen LogP contribution in [-0.2, 0) is 0 Å². The minimum absolute atomic E-state index is 0.274. The van der Waals surface area contributed by atoms with Crippen molar-refractivity contribution in [2.45, 2.75) is 25.9 Å². The molecule has 0 aliphatic rings. The Morgan fingerprint density at radius 1 is 0.800 bits per heavy atom. The first-order chi connectivity index (χ1) is 9.47. The Bertz CT molecular complexity index is 581. The maximum atomic E-state index is 3.63. The van der Waals surface area contributed by atoms with E-state index in [1.165, 1.54) is 11.1 Å². The highest BCUT2D eigenvalue weighted by atomic mass is 79.9. The molecule has 0 spiro atoms. The molecular weight excluding hydrogens is 446 g/mol. The van der Waals surface area contributed by atoms with Gasteiger partial charge in [0.2, 0.25) is 0 Å². The maximum absolute atomic E-state index is 3.63. The monoisotopic (exact) mass is 459 g/mol. The Balaban J connectivity index is 2.10. The van der Waals surface area contributed by atoms with Gasteiger partial charge in [0.25, 0.3) is 0 Å². The molecule has 2 aromatic carbocycles. The fourth-order valence-electron chi connectivity index (χ4n) is 2.17. The summed E-state index contributed by atoms with van der Waals surface area (Å²) in [6, 6.07) is 15.3. The Morgan fingerprint density at radius 2 is 1.40 bits per heavy atom. The van der Waals surface area contributed by atoms with Gasteiger partial charge in [-0.05, 0) is 49.2 Å². The van der Waals surface area contributed by atoms with Gasteiger partial charge >= 0.3 is 0 Å². The minimum atomic E-state index is 0.274. The molecule has 1 nitrogen and oxygen atoms in total. The molecule has 0 fully saturated rings. The van der Waals surface area contributed by atoms with Crippen LogP contribution in [0.15, 0.2) is 55.9 Å². The average molecular weight is 462 g/mol. The molecule has 2 rings (SSSR count). The second kappa shape index (κ2) is 7.21. The Morgan fingerprint density at radius 3 is 2.00 bits per heavy atom. The highest BCUT2D eigenvalue weighted by Crippen LogP contribution is 2.28. The zero-order valence-corrected chi connectivity index (χ0v) is 16.1. The lowest BCUT2D eigenvalue weighted by atomic mass is 10.0. The van der Waals surface area contributed by atoms with Crippen LogP contribution in [0, 0.1) is 0 Å². The molecule has 20 heavy (non-hydrogen) atoms. The first-order valence-electron chi connectivity index (χ1n) is 6.44. The van der Waals surface area contributed by atoms with Crippen molar-refractivity contribution in [3.05, 3.63) is 67.0 Å². The number of halogens is 3. The largest absolute Gasteiger partial charge is 0.304 e. The Labute approximate surface area is 145 Å². The summed E-state index contributed by atoms with van der Waals surface area (Å²) in [7, 11) is 0. The quantitative estimate of drug-likeness (QED) is 0.556. The van der Waals surface area contributed by atoms with Crippen molar-refractivity contribution < 1.29 is 0 Å². The van der Waals surface area contributed by atoms with E-state index in [2.05, 4.69) is 109 Å². The molecule has 0 amide bonds. The van der Waals surface area contributed by atoms with Crippen LogP contribution in [-0.4, -0.2) is 0 Å². The van der Waals surface area contributed by atoms with Crippen molar-refractivity contribution in [1.82, 2.24) is 5.32 Å². The van der Waals surface area contributed by atoms with Crippen molar-refractivity contribution in [1.29, 1.82) is 0 Å². The predicted octanol–water partition coefficient (Wildman–Crippen LogP) is 6.39. The maximum Gasteiger partial charge on any atom is 0.0308 e. The average Bonchev–Trinajstić information content (AvgIpc) is 2.39. The summed E-state index contributed by atoms with van der Waals surface area (Å²) >= 11 is 10.6. The molecular formula is C16H16Br3N. The molecule has 1 N–H and O–H groups in total. The molecule has 0 heterocycles. The molecule has 0 aliphatic heterocycles. The van der Waals surface area contributed by atoms with Crippen LogP contribution >= 0.6 is 47.8 Å². The van der Waals surface area contributed by atoms with Crippen LogP contribution in [0.4, 0.5) is 0 Å². The lowest BCUT2D eigenvalue weighted by Gasteiger charge is -2.22. The van der Waals surface area contributed by atoms with Gasteiger partial charge in [0.15, 0.2) is 0 Å². The Kier molecular flexibility index (Phi) is 5.84. The topological polar surface area (TPSA) is 12.0 Å². The van der Waals surface area contributed by atoms with E-state index in [1.54, 1.807) is 0 Å². The fourth-order valence-corrected chi connectivity index (χ4v) is 3.82. The molecule has 0 radical (unpaired) electrons.